The molecule has 0 spiro atoms. The van der Waals surface area contributed by atoms with E-state index in [0.717, 1.165) is 42.1 Å². The maximum atomic E-state index is 14.3. The Balaban J connectivity index is 1.73. The van der Waals surface area contributed by atoms with Gasteiger partial charge in [0, 0.05) is 13.5 Å². The average Bonchev–Trinajstić information content (AvgIpc) is 3.25. The molecule has 1 N–H and O–H groups in total. The van der Waals surface area contributed by atoms with E-state index in [1.807, 2.05) is 35.2 Å². The van der Waals surface area contributed by atoms with E-state index in [9.17, 15) is 22.4 Å². The summed E-state index contributed by atoms with van der Waals surface area (Å²) < 4.78 is 55.4. The SMILES string of the molecule is CCCc1ncc2n1C[C@H](Cl)N([C@@H](C(=O)NC)c1ccccc1)C2CCc1ccc(C(F)(F)F)c(F)c1. The molecule has 2 heterocycles. The zero-order valence-electron chi connectivity index (χ0n) is 20.6. The fourth-order valence-electron chi connectivity index (χ4n) is 5.04. The number of alkyl halides is 4. The third kappa shape index (κ3) is 5.67. The van der Waals surface area contributed by atoms with E-state index < -0.39 is 29.1 Å². The van der Waals surface area contributed by atoms with Crippen LogP contribution in [-0.4, -0.2) is 32.9 Å². The van der Waals surface area contributed by atoms with Crippen molar-refractivity contribution in [3.8, 4) is 0 Å². The molecule has 5 nitrogen and oxygen atoms in total. The molecule has 1 aliphatic heterocycles. The fourth-order valence-corrected chi connectivity index (χ4v) is 5.43. The summed E-state index contributed by atoms with van der Waals surface area (Å²) in [6.45, 7) is 2.49. The van der Waals surface area contributed by atoms with Crippen molar-refractivity contribution in [2.24, 2.45) is 0 Å². The number of hydrogen-bond acceptors (Lipinski definition) is 3. The molecule has 3 atom stereocenters. The molecule has 3 aromatic rings. The number of aryl methyl sites for hydroxylation is 2. The Kier molecular flexibility index (Phi) is 8.23. The van der Waals surface area contributed by atoms with Crippen LogP contribution in [-0.2, 0) is 30.4 Å². The molecule has 1 aliphatic rings. The number of nitrogens with one attached hydrogen (secondary N) is 1. The second-order valence-electron chi connectivity index (χ2n) is 9.14. The highest BCUT2D eigenvalue weighted by atomic mass is 35.5. The van der Waals surface area contributed by atoms with Gasteiger partial charge in [0.05, 0.1) is 30.0 Å². The maximum absolute atomic E-state index is 14.3. The molecule has 0 bridgehead atoms. The first-order chi connectivity index (χ1) is 17.7. The third-order valence-electron chi connectivity index (χ3n) is 6.75. The number of likely N-dealkylation sites (N-methyl/N-ethyl adjacent to an activating group) is 1. The van der Waals surface area contributed by atoms with Crippen LogP contribution in [0.5, 0.6) is 0 Å². The fraction of sp³-hybridized carbons (Fsp3) is 0.407. The smallest absolute Gasteiger partial charge is 0.358 e. The van der Waals surface area contributed by atoms with E-state index >= 15 is 0 Å². The van der Waals surface area contributed by atoms with Gasteiger partial charge in [0.2, 0.25) is 5.91 Å². The minimum atomic E-state index is -4.76. The molecule has 0 saturated heterocycles. The van der Waals surface area contributed by atoms with Crippen LogP contribution in [0.25, 0.3) is 0 Å². The number of rotatable bonds is 8. The molecule has 2 aromatic carbocycles. The summed E-state index contributed by atoms with van der Waals surface area (Å²) in [5, 5.41) is 2.74. The van der Waals surface area contributed by atoms with Crippen molar-refractivity contribution in [2.45, 2.75) is 62.9 Å². The molecule has 0 aliphatic carbocycles. The van der Waals surface area contributed by atoms with Crippen LogP contribution in [0.3, 0.4) is 0 Å². The lowest BCUT2D eigenvalue weighted by molar-refractivity contribution is -0.140. The summed E-state index contributed by atoms with van der Waals surface area (Å²) >= 11 is 6.97. The molecule has 1 amide bonds. The van der Waals surface area contributed by atoms with Crippen molar-refractivity contribution in [3.63, 3.8) is 0 Å². The maximum Gasteiger partial charge on any atom is 0.419 e. The van der Waals surface area contributed by atoms with Gasteiger partial charge in [-0.3, -0.25) is 9.69 Å². The number of nitrogens with zero attached hydrogens (tertiary/aromatic N) is 3. The lowest BCUT2D eigenvalue weighted by atomic mass is 9.95. The molecule has 0 saturated carbocycles. The average molecular weight is 537 g/mol. The number of imidazole rings is 1. The lowest BCUT2D eigenvalue weighted by Gasteiger charge is -2.44. The lowest BCUT2D eigenvalue weighted by Crippen LogP contribution is -2.49. The Morgan fingerprint density at radius 2 is 1.92 bits per heavy atom. The standard InChI is InChI=1S/C27H29ClF4N4O/c1-3-7-24-34-15-22-21(13-11-17-10-12-19(20(29)14-17)27(30,31)32)36(23(28)16-35(22)24)25(26(37)33-2)18-8-5-4-6-9-18/h4-6,8-10,12,14-15,21,23,25H,3,7,11,13,16H2,1-2H3,(H,33,37)/t21?,23-,25-/m1/s1. The van der Waals surface area contributed by atoms with Crippen molar-refractivity contribution in [2.75, 3.05) is 7.05 Å². The number of amides is 1. The topological polar surface area (TPSA) is 50.2 Å². The van der Waals surface area contributed by atoms with Crippen molar-refractivity contribution in [3.05, 3.63) is 88.8 Å². The van der Waals surface area contributed by atoms with E-state index in [0.29, 0.717) is 18.5 Å². The number of halogens is 5. The van der Waals surface area contributed by atoms with Gasteiger partial charge >= 0.3 is 6.18 Å². The molecule has 0 radical (unpaired) electrons. The summed E-state index contributed by atoms with van der Waals surface area (Å²) in [6, 6.07) is 11.2. The van der Waals surface area contributed by atoms with E-state index in [2.05, 4.69) is 21.8 Å². The number of hydrogen-bond donors (Lipinski definition) is 1. The molecular formula is C27H29ClF4N4O. The number of carbonyl (C=O) groups is 1. The van der Waals surface area contributed by atoms with Gasteiger partial charge in [0.15, 0.2) is 0 Å². The van der Waals surface area contributed by atoms with Gasteiger partial charge in [-0.2, -0.15) is 13.2 Å². The van der Waals surface area contributed by atoms with Crippen molar-refractivity contribution in [1.29, 1.82) is 0 Å². The first-order valence-corrected chi connectivity index (χ1v) is 12.7. The largest absolute Gasteiger partial charge is 0.419 e. The summed E-state index contributed by atoms with van der Waals surface area (Å²) in [6.07, 6.45) is -0.640. The molecule has 198 valence electrons. The Hall–Kier alpha value is -2.91. The second kappa shape index (κ2) is 11.2. The predicted molar refractivity (Wildman–Crippen MR) is 133 cm³/mol. The zero-order chi connectivity index (χ0) is 26.7. The summed E-state index contributed by atoms with van der Waals surface area (Å²) in [5.74, 6) is -0.641. The number of fused-ring (bicyclic) bond motifs is 1. The highest BCUT2D eigenvalue weighted by Crippen LogP contribution is 2.41. The first kappa shape index (κ1) is 27.1. The third-order valence-corrected chi connectivity index (χ3v) is 7.12. The molecule has 1 aromatic heterocycles. The Labute approximate surface area is 218 Å². The van der Waals surface area contributed by atoms with E-state index in [1.54, 1.807) is 13.2 Å². The van der Waals surface area contributed by atoms with Crippen LogP contribution in [0.1, 0.15) is 60.1 Å². The van der Waals surface area contributed by atoms with Crippen molar-refractivity contribution >= 4 is 17.5 Å². The van der Waals surface area contributed by atoms with E-state index in [4.69, 9.17) is 11.6 Å². The minimum Gasteiger partial charge on any atom is -0.358 e. The predicted octanol–water partition coefficient (Wildman–Crippen LogP) is 6.04. The number of carbonyl (C=O) groups excluding carboxylic acids is 1. The van der Waals surface area contributed by atoms with Crippen LogP contribution in [0.15, 0.2) is 54.7 Å². The number of benzene rings is 2. The first-order valence-electron chi connectivity index (χ1n) is 12.2. The Morgan fingerprint density at radius 3 is 2.54 bits per heavy atom. The molecule has 1 unspecified atom stereocenters. The van der Waals surface area contributed by atoms with Crippen LogP contribution in [0.2, 0.25) is 0 Å². The van der Waals surface area contributed by atoms with Crippen LogP contribution < -0.4 is 5.32 Å². The molecule has 37 heavy (non-hydrogen) atoms. The quantitative estimate of drug-likeness (QED) is 0.217. The summed E-state index contributed by atoms with van der Waals surface area (Å²) in [4.78, 5) is 19.7. The van der Waals surface area contributed by atoms with E-state index in [1.165, 1.54) is 6.07 Å². The van der Waals surface area contributed by atoms with Gasteiger partial charge in [-0.15, -0.1) is 11.6 Å². The summed E-state index contributed by atoms with van der Waals surface area (Å²) in [5.41, 5.74) is 0.215. The summed E-state index contributed by atoms with van der Waals surface area (Å²) in [7, 11) is 1.56. The van der Waals surface area contributed by atoms with Gasteiger partial charge in [0.1, 0.15) is 23.2 Å². The van der Waals surface area contributed by atoms with Crippen molar-refractivity contribution < 1.29 is 22.4 Å². The van der Waals surface area contributed by atoms with Crippen LogP contribution in [0, 0.1) is 5.82 Å². The van der Waals surface area contributed by atoms with Gasteiger partial charge < -0.3 is 9.88 Å². The minimum absolute atomic E-state index is 0.232. The molecule has 4 rings (SSSR count). The molecular weight excluding hydrogens is 508 g/mol. The Morgan fingerprint density at radius 1 is 1.19 bits per heavy atom. The van der Waals surface area contributed by atoms with Crippen molar-refractivity contribution in [1.82, 2.24) is 19.8 Å². The Bertz CT molecular complexity index is 1230. The highest BCUT2D eigenvalue weighted by Gasteiger charge is 2.42. The van der Waals surface area contributed by atoms with E-state index in [-0.39, 0.29) is 18.4 Å². The molecule has 0 fully saturated rings. The van der Waals surface area contributed by atoms with Gasteiger partial charge in [-0.1, -0.05) is 43.3 Å². The zero-order valence-corrected chi connectivity index (χ0v) is 21.4. The van der Waals surface area contributed by atoms with Gasteiger partial charge in [-0.25, -0.2) is 9.37 Å². The monoisotopic (exact) mass is 536 g/mol. The van der Waals surface area contributed by atoms with Gasteiger partial charge in [-0.05, 0) is 42.5 Å². The van der Waals surface area contributed by atoms with Crippen LogP contribution in [0.4, 0.5) is 17.6 Å². The van der Waals surface area contributed by atoms with Crippen LogP contribution >= 0.6 is 11.6 Å². The second-order valence-corrected chi connectivity index (χ2v) is 9.64. The van der Waals surface area contributed by atoms with Gasteiger partial charge in [0.25, 0.3) is 0 Å². The normalized spacial score (nSPS) is 18.9. The highest BCUT2D eigenvalue weighted by molar-refractivity contribution is 6.20. The number of aromatic nitrogens is 2. The molecule has 10 heteroatoms.